The minimum Gasteiger partial charge on any atom is -0.357 e. The summed E-state index contributed by atoms with van der Waals surface area (Å²) in [5, 5.41) is 9.81. The van der Waals surface area contributed by atoms with Gasteiger partial charge in [-0.25, -0.2) is 9.98 Å². The van der Waals surface area contributed by atoms with Gasteiger partial charge in [-0.15, -0.1) is 35.3 Å². The number of aliphatic imine (C=N–C) groups is 1. The lowest BCUT2D eigenvalue weighted by Crippen LogP contribution is -2.36. The highest BCUT2D eigenvalue weighted by atomic mass is 127. The summed E-state index contributed by atoms with van der Waals surface area (Å²) in [4.78, 5) is 8.12. The van der Waals surface area contributed by atoms with E-state index in [1.807, 2.05) is 31.2 Å². The van der Waals surface area contributed by atoms with E-state index in [1.54, 1.807) is 0 Å². The van der Waals surface area contributed by atoms with E-state index >= 15 is 0 Å². The highest BCUT2D eigenvalue weighted by Gasteiger charge is 2.33. The van der Waals surface area contributed by atoms with Crippen LogP contribution >= 0.6 is 35.3 Å². The molecule has 3 aromatic rings. The molecule has 0 radical (unpaired) electrons. The first kappa shape index (κ1) is 22.4. The molecule has 150 valence electrons. The Bertz CT molecular complexity index is 940. The molecular formula is C19H20F3IN4S. The van der Waals surface area contributed by atoms with Gasteiger partial charge in [-0.05, 0) is 29.3 Å². The topological polar surface area (TPSA) is 49.3 Å². The van der Waals surface area contributed by atoms with Gasteiger partial charge in [-0.2, -0.15) is 13.2 Å². The quantitative estimate of drug-likeness (QED) is 0.277. The Kier molecular flexibility index (Phi) is 8.05. The lowest BCUT2D eigenvalue weighted by molar-refractivity contribution is -0.140. The molecule has 9 heteroatoms. The van der Waals surface area contributed by atoms with Crippen LogP contribution in [0.25, 0.3) is 10.8 Å². The van der Waals surface area contributed by atoms with E-state index in [2.05, 4.69) is 38.8 Å². The summed E-state index contributed by atoms with van der Waals surface area (Å²) in [6, 6.07) is 14.2. The molecule has 0 amide bonds. The normalized spacial score (nSPS) is 11.9. The summed E-state index contributed by atoms with van der Waals surface area (Å²) < 4.78 is 37.9. The van der Waals surface area contributed by atoms with E-state index in [-0.39, 0.29) is 30.5 Å². The Morgan fingerprint density at radius 1 is 1.11 bits per heavy atom. The van der Waals surface area contributed by atoms with E-state index in [1.165, 1.54) is 5.39 Å². The van der Waals surface area contributed by atoms with Crippen LogP contribution in [-0.4, -0.2) is 17.5 Å². The number of rotatable bonds is 5. The van der Waals surface area contributed by atoms with E-state index in [0.29, 0.717) is 24.1 Å². The zero-order valence-electron chi connectivity index (χ0n) is 15.1. The number of hydrogen-bond donors (Lipinski definition) is 2. The molecule has 0 saturated heterocycles. The predicted molar refractivity (Wildman–Crippen MR) is 118 cm³/mol. The minimum atomic E-state index is -4.41. The van der Waals surface area contributed by atoms with Crippen LogP contribution in [-0.2, 0) is 19.3 Å². The number of halogens is 4. The van der Waals surface area contributed by atoms with Gasteiger partial charge < -0.3 is 10.6 Å². The van der Waals surface area contributed by atoms with Gasteiger partial charge in [-0.3, -0.25) is 0 Å². The lowest BCUT2D eigenvalue weighted by atomic mass is 10.1. The van der Waals surface area contributed by atoms with Crippen molar-refractivity contribution in [3.8, 4) is 0 Å². The summed E-state index contributed by atoms with van der Waals surface area (Å²) in [6.45, 7) is 3.23. The van der Waals surface area contributed by atoms with Crippen molar-refractivity contribution in [1.82, 2.24) is 15.6 Å². The van der Waals surface area contributed by atoms with Crippen LogP contribution in [0.3, 0.4) is 0 Å². The summed E-state index contributed by atoms with van der Waals surface area (Å²) in [5.74, 6) is 0.536. The highest BCUT2D eigenvalue weighted by Crippen LogP contribution is 2.29. The first-order valence-corrected chi connectivity index (χ1v) is 9.35. The standard InChI is InChI=1S/C19H19F3N4S.HI/c1-2-23-18(25-11-17-26-16(12-27-17)19(20,21)22)24-10-13-7-8-14-5-3-4-6-15(14)9-13;/h3-9,12H,2,10-11H2,1H3,(H2,23,24,25);1H. The number of thiazole rings is 1. The Balaban J connectivity index is 0.00000280. The number of nitrogens with zero attached hydrogens (tertiary/aromatic N) is 2. The van der Waals surface area contributed by atoms with Gasteiger partial charge in [0.25, 0.3) is 0 Å². The van der Waals surface area contributed by atoms with Crippen molar-refractivity contribution < 1.29 is 13.2 Å². The molecular weight excluding hydrogens is 500 g/mol. The second kappa shape index (κ2) is 10.1. The first-order valence-electron chi connectivity index (χ1n) is 8.47. The maximum absolute atomic E-state index is 12.6. The molecule has 0 unspecified atom stereocenters. The summed E-state index contributed by atoms with van der Waals surface area (Å²) in [7, 11) is 0. The number of alkyl halides is 3. The van der Waals surface area contributed by atoms with Crippen molar-refractivity contribution in [1.29, 1.82) is 0 Å². The van der Waals surface area contributed by atoms with Crippen LogP contribution in [0.1, 0.15) is 23.2 Å². The Hall–Kier alpha value is -1.88. The molecule has 0 bridgehead atoms. The second-order valence-electron chi connectivity index (χ2n) is 5.85. The van der Waals surface area contributed by atoms with Gasteiger partial charge in [0.15, 0.2) is 11.7 Å². The molecule has 0 aliphatic heterocycles. The third-order valence-corrected chi connectivity index (χ3v) is 4.68. The largest absolute Gasteiger partial charge is 0.434 e. The number of fused-ring (bicyclic) bond motifs is 1. The van der Waals surface area contributed by atoms with Gasteiger partial charge >= 0.3 is 6.18 Å². The highest BCUT2D eigenvalue weighted by molar-refractivity contribution is 14.0. The van der Waals surface area contributed by atoms with Gasteiger partial charge in [0.05, 0.1) is 13.1 Å². The second-order valence-corrected chi connectivity index (χ2v) is 6.80. The molecule has 2 aromatic carbocycles. The Morgan fingerprint density at radius 2 is 1.86 bits per heavy atom. The van der Waals surface area contributed by atoms with Gasteiger partial charge in [0.2, 0.25) is 0 Å². The molecule has 1 aromatic heterocycles. The first-order chi connectivity index (χ1) is 13.0. The fraction of sp³-hybridized carbons (Fsp3) is 0.263. The lowest BCUT2D eigenvalue weighted by Gasteiger charge is -2.10. The van der Waals surface area contributed by atoms with Crippen LogP contribution in [0.5, 0.6) is 0 Å². The molecule has 3 rings (SSSR count). The average Bonchev–Trinajstić information content (AvgIpc) is 3.13. The van der Waals surface area contributed by atoms with Crippen LogP contribution in [0, 0.1) is 0 Å². The summed E-state index contributed by atoms with van der Waals surface area (Å²) >= 11 is 0.976. The minimum absolute atomic E-state index is 0. The van der Waals surface area contributed by atoms with E-state index < -0.39 is 11.9 Å². The van der Waals surface area contributed by atoms with Crippen molar-refractivity contribution >= 4 is 52.0 Å². The average molecular weight is 520 g/mol. The van der Waals surface area contributed by atoms with E-state index in [4.69, 9.17) is 0 Å². The van der Waals surface area contributed by atoms with Crippen LogP contribution < -0.4 is 10.6 Å². The molecule has 28 heavy (non-hydrogen) atoms. The van der Waals surface area contributed by atoms with Crippen LogP contribution in [0.4, 0.5) is 13.2 Å². The van der Waals surface area contributed by atoms with Crippen molar-refractivity contribution in [2.24, 2.45) is 4.99 Å². The number of nitrogens with one attached hydrogen (secondary N) is 2. The van der Waals surface area contributed by atoms with Crippen molar-refractivity contribution in [2.45, 2.75) is 26.2 Å². The molecule has 2 N–H and O–H groups in total. The zero-order valence-corrected chi connectivity index (χ0v) is 18.2. The number of hydrogen-bond acceptors (Lipinski definition) is 3. The Labute approximate surface area is 182 Å². The maximum Gasteiger partial charge on any atom is 0.434 e. The number of benzene rings is 2. The van der Waals surface area contributed by atoms with Crippen molar-refractivity contribution in [2.75, 3.05) is 6.54 Å². The maximum atomic E-state index is 12.6. The van der Waals surface area contributed by atoms with Crippen molar-refractivity contribution in [3.63, 3.8) is 0 Å². The molecule has 0 saturated carbocycles. The van der Waals surface area contributed by atoms with E-state index in [0.717, 1.165) is 27.7 Å². The van der Waals surface area contributed by atoms with Gasteiger partial charge in [-0.1, -0.05) is 36.4 Å². The Morgan fingerprint density at radius 3 is 2.54 bits per heavy atom. The summed E-state index contributed by atoms with van der Waals surface area (Å²) in [5.41, 5.74) is 0.196. The predicted octanol–water partition coefficient (Wildman–Crippen LogP) is 5.19. The van der Waals surface area contributed by atoms with Crippen molar-refractivity contribution in [3.05, 3.63) is 64.1 Å². The summed E-state index contributed by atoms with van der Waals surface area (Å²) in [6.07, 6.45) is -4.41. The van der Waals surface area contributed by atoms with Crippen LogP contribution in [0.2, 0.25) is 0 Å². The SMILES string of the molecule is CCNC(=NCc1ccc2ccccc2c1)NCc1nc(C(F)(F)F)cs1.I. The van der Waals surface area contributed by atoms with Gasteiger partial charge in [0.1, 0.15) is 5.01 Å². The molecule has 0 aliphatic rings. The molecule has 0 spiro atoms. The zero-order chi connectivity index (χ0) is 19.3. The monoisotopic (exact) mass is 520 g/mol. The number of guanidine groups is 1. The molecule has 1 heterocycles. The number of aromatic nitrogens is 1. The fourth-order valence-electron chi connectivity index (χ4n) is 2.53. The molecule has 0 atom stereocenters. The molecule has 0 fully saturated rings. The van der Waals surface area contributed by atoms with E-state index in [9.17, 15) is 13.2 Å². The third-order valence-electron chi connectivity index (χ3n) is 3.83. The molecule has 0 aliphatic carbocycles. The van der Waals surface area contributed by atoms with Gasteiger partial charge in [0, 0.05) is 11.9 Å². The fourth-order valence-corrected chi connectivity index (χ4v) is 3.27. The third kappa shape index (κ3) is 6.06. The smallest absolute Gasteiger partial charge is 0.357 e. The molecule has 4 nitrogen and oxygen atoms in total. The van der Waals surface area contributed by atoms with Crippen LogP contribution in [0.15, 0.2) is 52.8 Å².